The van der Waals surface area contributed by atoms with Crippen LogP contribution in [0.2, 0.25) is 0 Å². The van der Waals surface area contributed by atoms with Crippen molar-refractivity contribution in [3.8, 4) is 5.75 Å². The molecule has 3 rings (SSSR count). The Morgan fingerprint density at radius 1 is 1.36 bits per heavy atom. The molecule has 3 aromatic rings. The molecule has 0 bridgehead atoms. The van der Waals surface area contributed by atoms with Crippen LogP contribution in [0.25, 0.3) is 10.9 Å². The molecule has 0 unspecified atom stereocenters. The minimum atomic E-state index is -0.529. The highest BCUT2D eigenvalue weighted by molar-refractivity contribution is 9.10. The van der Waals surface area contributed by atoms with E-state index in [9.17, 15) is 15.2 Å². The number of nitrogens with zero attached hydrogens (tertiary/aromatic N) is 3. The third-order valence-electron chi connectivity index (χ3n) is 3.06. The van der Waals surface area contributed by atoms with E-state index < -0.39 is 4.92 Å². The molecule has 0 radical (unpaired) electrons. The van der Waals surface area contributed by atoms with Gasteiger partial charge < -0.3 is 5.11 Å². The van der Waals surface area contributed by atoms with Crippen molar-refractivity contribution in [2.45, 2.75) is 0 Å². The van der Waals surface area contributed by atoms with Gasteiger partial charge in [-0.1, -0.05) is 0 Å². The summed E-state index contributed by atoms with van der Waals surface area (Å²) in [7, 11) is 0. The van der Waals surface area contributed by atoms with Crippen molar-refractivity contribution in [1.82, 2.24) is 10.2 Å². The lowest BCUT2D eigenvalue weighted by molar-refractivity contribution is -0.385. The summed E-state index contributed by atoms with van der Waals surface area (Å²) in [6.45, 7) is 0. The zero-order valence-corrected chi connectivity index (χ0v) is 12.6. The zero-order chi connectivity index (χ0) is 15.7. The Balaban J connectivity index is 1.99. The Bertz CT molecular complexity index is 904. The lowest BCUT2D eigenvalue weighted by atomic mass is 10.2. The summed E-state index contributed by atoms with van der Waals surface area (Å²) in [5, 5.41) is 28.5. The normalized spacial score (nSPS) is 11.3. The zero-order valence-electron chi connectivity index (χ0n) is 11.0. The van der Waals surface area contributed by atoms with Gasteiger partial charge in [-0.3, -0.25) is 20.2 Å². The van der Waals surface area contributed by atoms with Gasteiger partial charge in [0.05, 0.1) is 20.6 Å². The van der Waals surface area contributed by atoms with Crippen LogP contribution in [0, 0.1) is 10.1 Å². The number of nitrogens with one attached hydrogen (secondary N) is 1. The number of H-pyrrole nitrogens is 1. The van der Waals surface area contributed by atoms with E-state index in [1.165, 1.54) is 18.3 Å². The number of hydrogen-bond acceptors (Lipinski definition) is 5. The minimum Gasteiger partial charge on any atom is -0.506 e. The predicted octanol–water partition coefficient (Wildman–Crippen LogP) is 3.69. The molecule has 0 saturated carbocycles. The lowest BCUT2D eigenvalue weighted by Gasteiger charge is -2.02. The number of benzene rings is 2. The Hall–Kier alpha value is -2.74. The fourth-order valence-corrected chi connectivity index (χ4v) is 2.43. The third kappa shape index (κ3) is 2.68. The maximum atomic E-state index is 10.9. The number of rotatable bonds is 3. The number of phenols is 1. The topological polar surface area (TPSA) is 104 Å². The highest BCUT2D eigenvalue weighted by atomic mass is 79.9. The monoisotopic (exact) mass is 360 g/mol. The van der Waals surface area contributed by atoms with Crippen LogP contribution in [-0.4, -0.2) is 26.4 Å². The van der Waals surface area contributed by atoms with E-state index in [0.717, 1.165) is 10.9 Å². The molecule has 0 aliphatic heterocycles. The van der Waals surface area contributed by atoms with Crippen LogP contribution >= 0.6 is 15.9 Å². The first kappa shape index (κ1) is 14.2. The molecule has 0 aliphatic rings. The summed E-state index contributed by atoms with van der Waals surface area (Å²) >= 11 is 3.09. The lowest BCUT2D eigenvalue weighted by Crippen LogP contribution is -1.91. The fourth-order valence-electron chi connectivity index (χ4n) is 1.96. The highest BCUT2D eigenvalue weighted by Gasteiger charge is 2.13. The largest absolute Gasteiger partial charge is 0.506 e. The first-order valence-electron chi connectivity index (χ1n) is 6.19. The molecule has 1 heterocycles. The summed E-state index contributed by atoms with van der Waals surface area (Å²) < 4.78 is 0.244. The van der Waals surface area contributed by atoms with E-state index in [2.05, 4.69) is 31.1 Å². The number of phenolic OH excluding ortho intramolecular Hbond substituents is 1. The summed E-state index contributed by atoms with van der Waals surface area (Å²) in [4.78, 5) is 14.6. The van der Waals surface area contributed by atoms with E-state index in [1.54, 1.807) is 12.3 Å². The first-order valence-corrected chi connectivity index (χ1v) is 6.98. The van der Waals surface area contributed by atoms with Crippen molar-refractivity contribution < 1.29 is 10.0 Å². The molecule has 8 heteroatoms. The van der Waals surface area contributed by atoms with Crippen LogP contribution in [0.1, 0.15) is 5.56 Å². The van der Waals surface area contributed by atoms with E-state index in [4.69, 9.17) is 0 Å². The van der Waals surface area contributed by atoms with Gasteiger partial charge >= 0.3 is 0 Å². The number of fused-ring (bicyclic) bond motifs is 1. The molecular formula is C14H9BrN4O3. The fraction of sp³-hybridized carbons (Fsp3) is 0. The van der Waals surface area contributed by atoms with Crippen LogP contribution in [0.4, 0.5) is 11.4 Å². The predicted molar refractivity (Wildman–Crippen MR) is 85.8 cm³/mol. The van der Waals surface area contributed by atoms with Gasteiger partial charge in [-0.05, 0) is 34.1 Å². The van der Waals surface area contributed by atoms with Crippen molar-refractivity contribution in [2.24, 2.45) is 4.99 Å². The molecule has 22 heavy (non-hydrogen) atoms. The Kier molecular flexibility index (Phi) is 3.60. The van der Waals surface area contributed by atoms with Gasteiger partial charge in [0.15, 0.2) is 0 Å². The minimum absolute atomic E-state index is 0.0984. The van der Waals surface area contributed by atoms with Crippen LogP contribution in [-0.2, 0) is 0 Å². The van der Waals surface area contributed by atoms with Gasteiger partial charge in [-0.25, -0.2) is 0 Å². The van der Waals surface area contributed by atoms with Crippen LogP contribution in [0.5, 0.6) is 5.75 Å². The van der Waals surface area contributed by atoms with Gasteiger partial charge in [0, 0.05) is 35.5 Å². The maximum Gasteiger partial charge on any atom is 0.271 e. The molecule has 0 atom stereocenters. The quantitative estimate of drug-likeness (QED) is 0.422. The van der Waals surface area contributed by atoms with Crippen molar-refractivity contribution in [3.05, 3.63) is 56.7 Å². The highest BCUT2D eigenvalue weighted by Crippen LogP contribution is 2.32. The Morgan fingerprint density at radius 2 is 2.18 bits per heavy atom. The summed E-state index contributed by atoms with van der Waals surface area (Å²) in [6.07, 6.45) is 3.13. The van der Waals surface area contributed by atoms with Crippen LogP contribution in [0.3, 0.4) is 0 Å². The van der Waals surface area contributed by atoms with E-state index in [1.807, 2.05) is 12.1 Å². The molecule has 7 nitrogen and oxygen atoms in total. The van der Waals surface area contributed by atoms with Crippen LogP contribution < -0.4 is 0 Å². The van der Waals surface area contributed by atoms with Crippen LogP contribution in [0.15, 0.2) is 46.0 Å². The van der Waals surface area contributed by atoms with Gasteiger partial charge in [0.2, 0.25) is 0 Å². The SMILES string of the molecule is O=[N+]([O-])c1cc(Br)c(O)c(/C=N/c2ccc3n[nH]cc3c2)c1. The molecule has 0 amide bonds. The molecule has 0 spiro atoms. The van der Waals surface area contributed by atoms with Gasteiger partial charge in [0.25, 0.3) is 5.69 Å². The number of aromatic amines is 1. The number of nitro groups is 1. The number of aliphatic imine (C=N–C) groups is 1. The summed E-state index contributed by atoms with van der Waals surface area (Å²) in [5.74, 6) is -0.0984. The van der Waals surface area contributed by atoms with Gasteiger partial charge in [-0.2, -0.15) is 5.10 Å². The number of halogens is 1. The van der Waals surface area contributed by atoms with Crippen molar-refractivity contribution in [3.63, 3.8) is 0 Å². The molecule has 2 aromatic carbocycles. The number of non-ortho nitro benzene ring substituents is 1. The molecule has 0 saturated heterocycles. The first-order chi connectivity index (χ1) is 10.5. The van der Waals surface area contributed by atoms with Crippen molar-refractivity contribution in [2.75, 3.05) is 0 Å². The van der Waals surface area contributed by atoms with Crippen molar-refractivity contribution in [1.29, 1.82) is 0 Å². The van der Waals surface area contributed by atoms with Crippen molar-refractivity contribution >= 4 is 44.4 Å². The molecule has 110 valence electrons. The third-order valence-corrected chi connectivity index (χ3v) is 3.66. The smallest absolute Gasteiger partial charge is 0.271 e. The molecular weight excluding hydrogens is 352 g/mol. The second-order valence-electron chi connectivity index (χ2n) is 4.51. The van der Waals surface area contributed by atoms with E-state index >= 15 is 0 Å². The summed E-state index contributed by atoms with van der Waals surface area (Å²) in [5.41, 5.74) is 1.60. The van der Waals surface area contributed by atoms with E-state index in [0.29, 0.717) is 5.69 Å². The Labute approximate surface area is 132 Å². The number of hydrogen-bond donors (Lipinski definition) is 2. The maximum absolute atomic E-state index is 10.9. The second kappa shape index (κ2) is 5.57. The summed E-state index contributed by atoms with van der Waals surface area (Å²) in [6, 6.07) is 7.90. The number of aromatic nitrogens is 2. The molecule has 0 fully saturated rings. The standard InChI is InChI=1S/C14H9BrN4O3/c15-12-5-11(19(21)22)4-9(14(12)20)6-16-10-1-2-13-8(3-10)7-17-18-13/h1-7,20H,(H,17,18)/b16-6+. The average Bonchev–Trinajstić information content (AvgIpc) is 2.95. The van der Waals surface area contributed by atoms with Gasteiger partial charge in [0.1, 0.15) is 5.75 Å². The number of nitro benzene ring substituents is 1. The Morgan fingerprint density at radius 3 is 2.95 bits per heavy atom. The number of aromatic hydroxyl groups is 1. The van der Waals surface area contributed by atoms with Gasteiger partial charge in [-0.15, -0.1) is 0 Å². The van der Waals surface area contributed by atoms with E-state index in [-0.39, 0.29) is 21.5 Å². The molecule has 2 N–H and O–H groups in total. The molecule has 0 aliphatic carbocycles. The average molecular weight is 361 g/mol. The molecule has 1 aromatic heterocycles. The second-order valence-corrected chi connectivity index (χ2v) is 5.36.